The summed E-state index contributed by atoms with van der Waals surface area (Å²) in [4.78, 5) is 18.6. The minimum atomic E-state index is -3.54. The zero-order valence-corrected chi connectivity index (χ0v) is 14.1. The Morgan fingerprint density at radius 2 is 1.91 bits per heavy atom. The Balaban J connectivity index is 2.08. The minimum Gasteiger partial charge on any atom is -0.372 e. The van der Waals surface area contributed by atoms with Crippen molar-refractivity contribution in [3.8, 4) is 0 Å². The van der Waals surface area contributed by atoms with Crippen LogP contribution < -0.4 is 0 Å². The third kappa shape index (κ3) is 2.96. The number of hydrogen-bond acceptors (Lipinski definition) is 5. The van der Waals surface area contributed by atoms with E-state index in [1.165, 1.54) is 4.40 Å². The smallest absolute Gasteiger partial charge is 0.274 e. The highest BCUT2D eigenvalue weighted by Gasteiger charge is 2.30. The summed E-state index contributed by atoms with van der Waals surface area (Å²) in [5.74, 6) is -0.273. The second-order valence-electron chi connectivity index (χ2n) is 5.94. The maximum absolute atomic E-state index is 12.8. The summed E-state index contributed by atoms with van der Waals surface area (Å²) >= 11 is 0. The molecule has 0 aliphatic carbocycles. The fourth-order valence-electron chi connectivity index (χ4n) is 2.92. The van der Waals surface area contributed by atoms with Crippen molar-refractivity contribution in [2.24, 2.45) is 0 Å². The monoisotopic (exact) mass is 337 g/mol. The van der Waals surface area contributed by atoms with Crippen molar-refractivity contribution in [3.63, 3.8) is 0 Å². The number of pyridine rings is 1. The molecule has 2 aromatic rings. The van der Waals surface area contributed by atoms with Crippen molar-refractivity contribution < 1.29 is 17.9 Å². The number of nitrogens with zero attached hydrogens (tertiary/aromatic N) is 3. The van der Waals surface area contributed by atoms with Gasteiger partial charge in [-0.25, -0.2) is 13.4 Å². The second kappa shape index (κ2) is 5.61. The van der Waals surface area contributed by atoms with Gasteiger partial charge in [0.1, 0.15) is 0 Å². The Labute approximate surface area is 134 Å². The first-order valence-corrected chi connectivity index (χ1v) is 9.28. The fourth-order valence-corrected chi connectivity index (χ4v) is 3.70. The van der Waals surface area contributed by atoms with Gasteiger partial charge in [0.05, 0.1) is 17.7 Å². The lowest BCUT2D eigenvalue weighted by Gasteiger charge is -2.34. The molecule has 2 aromatic heterocycles. The van der Waals surface area contributed by atoms with E-state index in [2.05, 4.69) is 4.98 Å². The third-order valence-electron chi connectivity index (χ3n) is 3.76. The molecule has 0 unspecified atom stereocenters. The zero-order chi connectivity index (χ0) is 16.8. The molecule has 7 nitrogen and oxygen atoms in total. The van der Waals surface area contributed by atoms with Crippen LogP contribution in [0.25, 0.3) is 5.52 Å². The highest BCUT2D eigenvalue weighted by Crippen LogP contribution is 2.20. The van der Waals surface area contributed by atoms with Crippen molar-refractivity contribution in [1.29, 1.82) is 0 Å². The number of ether oxygens (including phenoxy) is 1. The Morgan fingerprint density at radius 3 is 2.52 bits per heavy atom. The number of amides is 1. The van der Waals surface area contributed by atoms with Crippen molar-refractivity contribution in [2.45, 2.75) is 31.2 Å². The number of fused-ring (bicyclic) bond motifs is 1. The summed E-state index contributed by atoms with van der Waals surface area (Å²) in [5, 5.41) is -0.120. The van der Waals surface area contributed by atoms with E-state index in [0.29, 0.717) is 18.6 Å². The first kappa shape index (κ1) is 15.9. The summed E-state index contributed by atoms with van der Waals surface area (Å²) in [5.41, 5.74) is 0.650. The maximum atomic E-state index is 12.8. The predicted octanol–water partition coefficient (Wildman–Crippen LogP) is 0.987. The van der Waals surface area contributed by atoms with E-state index in [4.69, 9.17) is 4.74 Å². The lowest BCUT2D eigenvalue weighted by molar-refractivity contribution is -0.0587. The summed E-state index contributed by atoms with van der Waals surface area (Å²) in [7, 11) is -3.54. The maximum Gasteiger partial charge on any atom is 0.274 e. The lowest BCUT2D eigenvalue weighted by atomic mass is 10.2. The topological polar surface area (TPSA) is 81.0 Å². The van der Waals surface area contributed by atoms with Gasteiger partial charge in [-0.15, -0.1) is 0 Å². The zero-order valence-electron chi connectivity index (χ0n) is 13.3. The molecule has 1 saturated heterocycles. The molecule has 0 aromatic carbocycles. The summed E-state index contributed by atoms with van der Waals surface area (Å²) in [6, 6.07) is 5.16. The number of rotatable bonds is 2. The number of carbonyl (C=O) groups is 1. The number of sulfone groups is 1. The first-order valence-electron chi connectivity index (χ1n) is 7.39. The molecule has 23 heavy (non-hydrogen) atoms. The van der Waals surface area contributed by atoms with Crippen LogP contribution in [0, 0.1) is 0 Å². The van der Waals surface area contributed by atoms with Crippen LogP contribution in [0.3, 0.4) is 0 Å². The number of morpholine rings is 1. The van der Waals surface area contributed by atoms with E-state index in [1.54, 1.807) is 29.3 Å². The van der Waals surface area contributed by atoms with Crippen molar-refractivity contribution in [3.05, 3.63) is 30.1 Å². The molecule has 2 atom stereocenters. The van der Waals surface area contributed by atoms with Gasteiger partial charge in [-0.1, -0.05) is 6.07 Å². The Bertz CT molecular complexity index is 849. The van der Waals surface area contributed by atoms with Gasteiger partial charge < -0.3 is 9.64 Å². The predicted molar refractivity (Wildman–Crippen MR) is 84.2 cm³/mol. The number of imidazole rings is 1. The Hall–Kier alpha value is -1.93. The standard InChI is InChI=1S/C15H19N3O4S/c1-10-8-17(9-11(2)22-10)14(19)13-12-6-4-5-7-18(12)15(16-13)23(3,20)21/h4-7,10-11H,8-9H2,1-3H3/t10-,11-/m1/s1. The van der Waals surface area contributed by atoms with E-state index in [0.717, 1.165) is 6.26 Å². The molecule has 3 heterocycles. The molecule has 0 N–H and O–H groups in total. The van der Waals surface area contributed by atoms with Gasteiger partial charge in [0.15, 0.2) is 5.69 Å². The molecule has 1 aliphatic heterocycles. The van der Waals surface area contributed by atoms with Gasteiger partial charge >= 0.3 is 0 Å². The van der Waals surface area contributed by atoms with Crippen LogP contribution in [-0.2, 0) is 14.6 Å². The van der Waals surface area contributed by atoms with Crippen LogP contribution in [0.1, 0.15) is 24.3 Å². The Kier molecular flexibility index (Phi) is 3.89. The van der Waals surface area contributed by atoms with E-state index in [9.17, 15) is 13.2 Å². The molecule has 124 valence electrons. The van der Waals surface area contributed by atoms with Crippen molar-refractivity contribution in [2.75, 3.05) is 19.3 Å². The SMILES string of the molecule is C[C@@H]1CN(C(=O)c2nc(S(C)(=O)=O)n3ccccc23)C[C@@H](C)O1. The van der Waals surface area contributed by atoms with Gasteiger partial charge in [0, 0.05) is 25.5 Å². The van der Waals surface area contributed by atoms with Gasteiger partial charge in [-0.3, -0.25) is 9.20 Å². The molecule has 1 aliphatic rings. The molecule has 1 amide bonds. The molecular weight excluding hydrogens is 318 g/mol. The number of aromatic nitrogens is 2. The average Bonchev–Trinajstić information content (AvgIpc) is 2.85. The molecule has 0 saturated carbocycles. The molecule has 0 spiro atoms. The normalized spacial score (nSPS) is 22.5. The van der Waals surface area contributed by atoms with E-state index >= 15 is 0 Å². The molecule has 0 radical (unpaired) electrons. The summed E-state index contributed by atoms with van der Waals surface area (Å²) in [6.45, 7) is 4.73. The molecule has 1 fully saturated rings. The number of hydrogen-bond donors (Lipinski definition) is 0. The average molecular weight is 337 g/mol. The molecule has 0 bridgehead atoms. The molecule has 8 heteroatoms. The molecular formula is C15H19N3O4S. The van der Waals surface area contributed by atoms with E-state index < -0.39 is 9.84 Å². The second-order valence-corrected chi connectivity index (χ2v) is 7.85. The lowest BCUT2D eigenvalue weighted by Crippen LogP contribution is -2.48. The van der Waals surface area contributed by atoms with Gasteiger partial charge in [-0.05, 0) is 26.0 Å². The first-order chi connectivity index (χ1) is 10.8. The van der Waals surface area contributed by atoms with Gasteiger partial charge in [0.25, 0.3) is 5.91 Å². The number of carbonyl (C=O) groups excluding carboxylic acids is 1. The van der Waals surface area contributed by atoms with Crippen LogP contribution in [0.15, 0.2) is 29.6 Å². The van der Waals surface area contributed by atoms with E-state index in [-0.39, 0.29) is 29.0 Å². The highest BCUT2D eigenvalue weighted by atomic mass is 32.2. The van der Waals surface area contributed by atoms with E-state index in [1.807, 2.05) is 13.8 Å². The largest absolute Gasteiger partial charge is 0.372 e. The van der Waals surface area contributed by atoms with Crippen LogP contribution >= 0.6 is 0 Å². The fraction of sp³-hybridized carbons (Fsp3) is 0.467. The third-order valence-corrected chi connectivity index (χ3v) is 4.71. The van der Waals surface area contributed by atoms with Crippen LogP contribution in [-0.4, -0.2) is 60.2 Å². The molecule has 3 rings (SSSR count). The van der Waals surface area contributed by atoms with Crippen LogP contribution in [0.2, 0.25) is 0 Å². The Morgan fingerprint density at radius 1 is 1.26 bits per heavy atom. The van der Waals surface area contributed by atoms with Crippen LogP contribution in [0.5, 0.6) is 0 Å². The van der Waals surface area contributed by atoms with Gasteiger partial charge in [-0.2, -0.15) is 0 Å². The van der Waals surface area contributed by atoms with Crippen molar-refractivity contribution >= 4 is 21.3 Å². The van der Waals surface area contributed by atoms with Gasteiger partial charge in [0.2, 0.25) is 15.0 Å². The highest BCUT2D eigenvalue weighted by molar-refractivity contribution is 7.90. The minimum absolute atomic E-state index is 0.0639. The summed E-state index contributed by atoms with van der Waals surface area (Å²) in [6.07, 6.45) is 2.55. The summed E-state index contributed by atoms with van der Waals surface area (Å²) < 4.78 is 30.9. The quantitative estimate of drug-likeness (QED) is 0.816. The van der Waals surface area contributed by atoms with Crippen LogP contribution in [0.4, 0.5) is 0 Å². The van der Waals surface area contributed by atoms with Crippen molar-refractivity contribution in [1.82, 2.24) is 14.3 Å².